The van der Waals surface area contributed by atoms with Crippen molar-refractivity contribution in [2.45, 2.75) is 32.9 Å². The topological polar surface area (TPSA) is 53.6 Å². The number of para-hydroxylation sites is 1. The third kappa shape index (κ3) is 5.02. The Hall–Kier alpha value is -1.59. The molecular weight excluding hydrogens is 266 g/mol. The lowest BCUT2D eigenvalue weighted by Gasteiger charge is -2.27. The first-order chi connectivity index (χ1) is 10.2. The van der Waals surface area contributed by atoms with Crippen molar-refractivity contribution in [2.75, 3.05) is 31.6 Å². The van der Waals surface area contributed by atoms with E-state index in [1.54, 1.807) is 0 Å². The number of nitrogens with one attached hydrogen (secondary N) is 2. The minimum atomic E-state index is -0.140. The van der Waals surface area contributed by atoms with Gasteiger partial charge in [-0.15, -0.1) is 0 Å². The lowest BCUT2D eigenvalue weighted by Crippen LogP contribution is -2.37. The summed E-state index contributed by atoms with van der Waals surface area (Å²) in [6, 6.07) is 8.00. The molecule has 1 aliphatic heterocycles. The molecule has 5 heteroatoms. The highest BCUT2D eigenvalue weighted by atomic mass is 16.5. The van der Waals surface area contributed by atoms with Crippen LogP contribution < -0.4 is 10.6 Å². The third-order valence-electron chi connectivity index (χ3n) is 3.75. The molecule has 5 nitrogen and oxygen atoms in total. The smallest absolute Gasteiger partial charge is 0.319 e. The van der Waals surface area contributed by atoms with Gasteiger partial charge in [-0.25, -0.2) is 4.79 Å². The number of morpholine rings is 1. The summed E-state index contributed by atoms with van der Waals surface area (Å²) in [5.41, 5.74) is 2.02. The molecule has 21 heavy (non-hydrogen) atoms. The lowest BCUT2D eigenvalue weighted by atomic mass is 10.1. The summed E-state index contributed by atoms with van der Waals surface area (Å²) < 4.78 is 5.37. The molecule has 1 saturated heterocycles. The molecule has 2 rings (SSSR count). The van der Waals surface area contributed by atoms with E-state index in [4.69, 9.17) is 4.74 Å². The number of rotatable bonds is 5. The zero-order chi connectivity index (χ0) is 15.1. The van der Waals surface area contributed by atoms with E-state index >= 15 is 0 Å². The molecule has 1 aliphatic rings. The quantitative estimate of drug-likeness (QED) is 0.876. The van der Waals surface area contributed by atoms with Gasteiger partial charge in [0, 0.05) is 31.4 Å². The van der Waals surface area contributed by atoms with Gasteiger partial charge in [0.2, 0.25) is 0 Å². The molecule has 0 aliphatic carbocycles. The van der Waals surface area contributed by atoms with Crippen LogP contribution in [0.15, 0.2) is 24.3 Å². The van der Waals surface area contributed by atoms with Crippen LogP contribution in [-0.4, -0.2) is 43.3 Å². The molecule has 0 spiro atoms. The fourth-order valence-corrected chi connectivity index (χ4v) is 2.26. The van der Waals surface area contributed by atoms with Gasteiger partial charge in [0.1, 0.15) is 0 Å². The van der Waals surface area contributed by atoms with Crippen LogP contribution in [0.5, 0.6) is 0 Å². The Labute approximate surface area is 126 Å². The van der Waals surface area contributed by atoms with Crippen molar-refractivity contribution in [2.24, 2.45) is 0 Å². The van der Waals surface area contributed by atoms with Crippen molar-refractivity contribution < 1.29 is 9.53 Å². The highest BCUT2D eigenvalue weighted by Gasteiger charge is 2.14. The van der Waals surface area contributed by atoms with Crippen molar-refractivity contribution in [3.63, 3.8) is 0 Å². The first kappa shape index (κ1) is 15.8. The van der Waals surface area contributed by atoms with Gasteiger partial charge in [0.05, 0.1) is 13.2 Å². The highest BCUT2D eigenvalue weighted by Crippen LogP contribution is 2.17. The molecule has 1 aromatic rings. The Morgan fingerprint density at radius 2 is 2.05 bits per heavy atom. The molecular formula is C16H25N3O2. The largest absolute Gasteiger partial charge is 0.379 e. The first-order valence-corrected chi connectivity index (χ1v) is 7.64. The van der Waals surface area contributed by atoms with Crippen LogP contribution in [0, 0.1) is 0 Å². The van der Waals surface area contributed by atoms with Crippen LogP contribution in [0.25, 0.3) is 0 Å². The van der Waals surface area contributed by atoms with Crippen molar-refractivity contribution in [1.82, 2.24) is 10.2 Å². The fourth-order valence-electron chi connectivity index (χ4n) is 2.26. The SMILES string of the molecule is CC[C@@H](C)NC(=O)Nc1ccccc1CN1CCOCC1. The maximum absolute atomic E-state index is 12.0. The molecule has 0 radical (unpaired) electrons. The van der Waals surface area contributed by atoms with Crippen LogP contribution in [0.4, 0.5) is 10.5 Å². The van der Waals surface area contributed by atoms with Gasteiger partial charge in [-0.3, -0.25) is 4.90 Å². The zero-order valence-corrected chi connectivity index (χ0v) is 12.9. The number of benzene rings is 1. The molecule has 0 unspecified atom stereocenters. The molecule has 1 heterocycles. The Balaban J connectivity index is 1.97. The number of hydrogen-bond donors (Lipinski definition) is 2. The monoisotopic (exact) mass is 291 g/mol. The van der Waals surface area contributed by atoms with Crippen molar-refractivity contribution >= 4 is 11.7 Å². The van der Waals surface area contributed by atoms with Crippen LogP contribution in [-0.2, 0) is 11.3 Å². The maximum Gasteiger partial charge on any atom is 0.319 e. The second-order valence-electron chi connectivity index (χ2n) is 5.45. The summed E-state index contributed by atoms with van der Waals surface area (Å²) in [5.74, 6) is 0. The molecule has 1 fully saturated rings. The predicted molar refractivity (Wildman–Crippen MR) is 84.4 cm³/mol. The van der Waals surface area contributed by atoms with Crippen molar-refractivity contribution in [1.29, 1.82) is 0 Å². The molecule has 0 aromatic heterocycles. The molecule has 0 bridgehead atoms. The van der Waals surface area contributed by atoms with E-state index in [9.17, 15) is 4.79 Å². The van der Waals surface area contributed by atoms with Crippen LogP contribution in [0.2, 0.25) is 0 Å². The Morgan fingerprint density at radius 1 is 1.33 bits per heavy atom. The van der Waals surface area contributed by atoms with Gasteiger partial charge < -0.3 is 15.4 Å². The lowest BCUT2D eigenvalue weighted by molar-refractivity contribution is 0.0343. The van der Waals surface area contributed by atoms with E-state index < -0.39 is 0 Å². The Bertz CT molecular complexity index is 459. The van der Waals surface area contributed by atoms with E-state index in [0.29, 0.717) is 0 Å². The van der Waals surface area contributed by atoms with Crippen molar-refractivity contribution in [3.05, 3.63) is 29.8 Å². The zero-order valence-electron chi connectivity index (χ0n) is 12.9. The third-order valence-corrected chi connectivity index (χ3v) is 3.75. The summed E-state index contributed by atoms with van der Waals surface area (Å²) in [6.45, 7) is 8.33. The van der Waals surface area contributed by atoms with Crippen molar-refractivity contribution in [3.8, 4) is 0 Å². The minimum Gasteiger partial charge on any atom is -0.379 e. The molecule has 116 valence electrons. The van der Waals surface area contributed by atoms with Gasteiger partial charge in [-0.05, 0) is 25.0 Å². The first-order valence-electron chi connectivity index (χ1n) is 7.64. The summed E-state index contributed by atoms with van der Waals surface area (Å²) >= 11 is 0. The Kier molecular flexibility index (Phi) is 6.02. The fraction of sp³-hybridized carbons (Fsp3) is 0.562. The van der Waals surface area contributed by atoms with Gasteiger partial charge in [-0.2, -0.15) is 0 Å². The van der Waals surface area contributed by atoms with E-state index in [1.807, 2.05) is 25.1 Å². The number of nitrogens with zero attached hydrogens (tertiary/aromatic N) is 1. The maximum atomic E-state index is 12.0. The Morgan fingerprint density at radius 3 is 2.76 bits per heavy atom. The molecule has 2 N–H and O–H groups in total. The average Bonchev–Trinajstić information content (AvgIpc) is 2.50. The number of amides is 2. The van der Waals surface area contributed by atoms with Crippen LogP contribution >= 0.6 is 0 Å². The highest BCUT2D eigenvalue weighted by molar-refractivity contribution is 5.90. The summed E-state index contributed by atoms with van der Waals surface area (Å²) in [6.07, 6.45) is 0.919. The molecule has 2 amide bonds. The normalized spacial score (nSPS) is 17.2. The van der Waals surface area contributed by atoms with Gasteiger partial charge in [0.25, 0.3) is 0 Å². The second kappa shape index (κ2) is 8.00. The number of urea groups is 1. The summed E-state index contributed by atoms with van der Waals surface area (Å²) in [5, 5.41) is 5.88. The van der Waals surface area contributed by atoms with E-state index in [1.165, 1.54) is 0 Å². The van der Waals surface area contributed by atoms with Crippen LogP contribution in [0.1, 0.15) is 25.8 Å². The standard InChI is InChI=1S/C16H25N3O2/c1-3-13(2)17-16(20)18-15-7-5-4-6-14(15)12-19-8-10-21-11-9-19/h4-7,13H,3,8-12H2,1-2H3,(H2,17,18,20)/t13-/m1/s1. The number of ether oxygens (including phenoxy) is 1. The van der Waals surface area contributed by atoms with Gasteiger partial charge in [0.15, 0.2) is 0 Å². The number of hydrogen-bond acceptors (Lipinski definition) is 3. The number of anilines is 1. The number of carbonyl (C=O) groups excluding carboxylic acids is 1. The number of carbonyl (C=O) groups is 1. The minimum absolute atomic E-state index is 0.140. The van der Waals surface area contributed by atoms with Gasteiger partial charge >= 0.3 is 6.03 Å². The molecule has 1 aromatic carbocycles. The van der Waals surface area contributed by atoms with E-state index in [0.717, 1.165) is 50.5 Å². The second-order valence-corrected chi connectivity index (χ2v) is 5.45. The average molecular weight is 291 g/mol. The predicted octanol–water partition coefficient (Wildman–Crippen LogP) is 2.44. The summed E-state index contributed by atoms with van der Waals surface area (Å²) in [4.78, 5) is 14.3. The molecule has 1 atom stereocenters. The van der Waals surface area contributed by atoms with Gasteiger partial charge in [-0.1, -0.05) is 25.1 Å². The van der Waals surface area contributed by atoms with E-state index in [-0.39, 0.29) is 12.1 Å². The van der Waals surface area contributed by atoms with E-state index in [2.05, 4.69) is 28.5 Å². The van der Waals surface area contributed by atoms with Crippen LogP contribution in [0.3, 0.4) is 0 Å². The summed E-state index contributed by atoms with van der Waals surface area (Å²) in [7, 11) is 0. The molecule has 0 saturated carbocycles.